The lowest BCUT2D eigenvalue weighted by Crippen LogP contribution is -2.30. The van der Waals surface area contributed by atoms with E-state index in [9.17, 15) is 18.0 Å². The summed E-state index contributed by atoms with van der Waals surface area (Å²) < 4.78 is 38.8. The van der Waals surface area contributed by atoms with Gasteiger partial charge in [-0.1, -0.05) is 0 Å². The number of rotatable bonds is 2. The summed E-state index contributed by atoms with van der Waals surface area (Å²) in [4.78, 5) is 24.2. The van der Waals surface area contributed by atoms with Crippen molar-refractivity contribution in [3.8, 4) is 10.7 Å². The summed E-state index contributed by atoms with van der Waals surface area (Å²) in [7, 11) is 0. The van der Waals surface area contributed by atoms with Gasteiger partial charge in [-0.3, -0.25) is 9.36 Å². The maximum Gasteiger partial charge on any atom is 0.406 e. The van der Waals surface area contributed by atoms with Crippen LogP contribution in [0.15, 0.2) is 28.6 Å². The number of anilines is 1. The molecule has 0 bridgehead atoms. The quantitative estimate of drug-likeness (QED) is 0.778. The summed E-state index contributed by atoms with van der Waals surface area (Å²) >= 11 is 1.10. The Morgan fingerprint density at radius 2 is 2.05 bits per heavy atom. The number of fused-ring (bicyclic) bond motifs is 1. The molecule has 2 N–H and O–H groups in total. The van der Waals surface area contributed by atoms with Gasteiger partial charge < -0.3 is 5.73 Å². The number of alkyl halides is 3. The predicted molar refractivity (Wildman–Crippen MR) is 75.4 cm³/mol. The topological polar surface area (TPSA) is 86.7 Å². The van der Waals surface area contributed by atoms with Crippen LogP contribution in [-0.4, -0.2) is 25.7 Å². The van der Waals surface area contributed by atoms with Gasteiger partial charge in [0.25, 0.3) is 5.56 Å². The van der Waals surface area contributed by atoms with E-state index >= 15 is 0 Å². The minimum atomic E-state index is -4.58. The van der Waals surface area contributed by atoms with E-state index in [-0.39, 0.29) is 27.6 Å². The second-order valence-electron chi connectivity index (χ2n) is 4.38. The molecular weight excluding hydrogens is 319 g/mol. The third-order valence-electron chi connectivity index (χ3n) is 2.84. The third kappa shape index (κ3) is 2.52. The molecule has 0 aliphatic heterocycles. The summed E-state index contributed by atoms with van der Waals surface area (Å²) in [5.41, 5.74) is 4.64. The maximum absolute atomic E-state index is 12.8. The van der Waals surface area contributed by atoms with Crippen molar-refractivity contribution in [2.75, 3.05) is 5.73 Å². The molecule has 0 atom stereocenters. The Kier molecular flexibility index (Phi) is 3.32. The van der Waals surface area contributed by atoms with E-state index in [0.29, 0.717) is 4.57 Å². The first-order valence-electron chi connectivity index (χ1n) is 5.98. The molecule has 3 heterocycles. The number of halogens is 3. The van der Waals surface area contributed by atoms with E-state index < -0.39 is 18.3 Å². The van der Waals surface area contributed by atoms with Gasteiger partial charge in [-0.2, -0.15) is 13.2 Å². The van der Waals surface area contributed by atoms with E-state index in [4.69, 9.17) is 5.73 Å². The average Bonchev–Trinajstić information content (AvgIpc) is 2.95. The van der Waals surface area contributed by atoms with Crippen molar-refractivity contribution in [1.29, 1.82) is 0 Å². The van der Waals surface area contributed by atoms with Crippen LogP contribution >= 0.6 is 11.3 Å². The number of thiazole rings is 1. The average molecular weight is 327 g/mol. The largest absolute Gasteiger partial charge is 0.406 e. The number of nitrogens with two attached hydrogens (primary N) is 1. The van der Waals surface area contributed by atoms with Crippen LogP contribution in [0, 0.1) is 0 Å². The molecule has 0 saturated heterocycles. The van der Waals surface area contributed by atoms with Crippen LogP contribution in [0.25, 0.3) is 21.9 Å². The van der Waals surface area contributed by atoms with Gasteiger partial charge in [0.2, 0.25) is 0 Å². The van der Waals surface area contributed by atoms with Gasteiger partial charge in [-0.15, -0.1) is 11.3 Å². The molecule has 0 unspecified atom stereocenters. The highest BCUT2D eigenvalue weighted by atomic mass is 32.1. The van der Waals surface area contributed by atoms with Crippen molar-refractivity contribution in [2.24, 2.45) is 0 Å². The Hall–Kier alpha value is -2.49. The highest BCUT2D eigenvalue weighted by molar-refractivity contribution is 7.13. The number of nitrogens with zero attached hydrogens (tertiary/aromatic N) is 4. The molecule has 0 spiro atoms. The molecule has 10 heteroatoms. The van der Waals surface area contributed by atoms with Crippen LogP contribution in [0.2, 0.25) is 0 Å². The number of aromatic nitrogens is 4. The van der Waals surface area contributed by atoms with Crippen LogP contribution in [0.1, 0.15) is 0 Å². The zero-order chi connectivity index (χ0) is 15.9. The molecule has 0 fully saturated rings. The Morgan fingerprint density at radius 3 is 2.68 bits per heavy atom. The minimum absolute atomic E-state index is 0.0385. The Balaban J connectivity index is 2.38. The van der Waals surface area contributed by atoms with Gasteiger partial charge in [0.1, 0.15) is 17.1 Å². The molecule has 3 aromatic heterocycles. The van der Waals surface area contributed by atoms with Gasteiger partial charge in [-0.25, -0.2) is 15.0 Å². The molecule has 0 radical (unpaired) electrons. The van der Waals surface area contributed by atoms with Crippen molar-refractivity contribution in [3.63, 3.8) is 0 Å². The van der Waals surface area contributed by atoms with E-state index in [1.165, 1.54) is 18.5 Å². The molecule has 0 saturated carbocycles. The zero-order valence-electron chi connectivity index (χ0n) is 10.8. The SMILES string of the molecule is Nc1ccnc2c1nc(-c1nccs1)c(=O)n2CC(F)(F)F. The zero-order valence-corrected chi connectivity index (χ0v) is 11.6. The lowest BCUT2D eigenvalue weighted by molar-refractivity contribution is -0.140. The van der Waals surface area contributed by atoms with Gasteiger partial charge in [0.05, 0.1) is 5.69 Å². The first-order valence-corrected chi connectivity index (χ1v) is 6.86. The van der Waals surface area contributed by atoms with E-state index in [1.54, 1.807) is 5.38 Å². The van der Waals surface area contributed by atoms with Crippen LogP contribution in [0.3, 0.4) is 0 Å². The number of pyridine rings is 1. The molecule has 3 aromatic rings. The van der Waals surface area contributed by atoms with Crippen LogP contribution in [0.4, 0.5) is 18.9 Å². The van der Waals surface area contributed by atoms with Crippen molar-refractivity contribution in [1.82, 2.24) is 19.5 Å². The second-order valence-corrected chi connectivity index (χ2v) is 5.27. The molecule has 0 amide bonds. The van der Waals surface area contributed by atoms with E-state index in [2.05, 4.69) is 15.0 Å². The van der Waals surface area contributed by atoms with E-state index in [1.807, 2.05) is 0 Å². The molecule has 114 valence electrons. The van der Waals surface area contributed by atoms with Crippen LogP contribution in [0.5, 0.6) is 0 Å². The number of hydrogen-bond acceptors (Lipinski definition) is 6. The first-order chi connectivity index (χ1) is 10.4. The Morgan fingerprint density at radius 1 is 1.27 bits per heavy atom. The molecule has 6 nitrogen and oxygen atoms in total. The minimum Gasteiger partial charge on any atom is -0.397 e. The summed E-state index contributed by atoms with van der Waals surface area (Å²) in [5.74, 6) is 0. The van der Waals surface area contributed by atoms with Crippen molar-refractivity contribution >= 4 is 28.2 Å². The van der Waals surface area contributed by atoms with Crippen molar-refractivity contribution < 1.29 is 13.2 Å². The van der Waals surface area contributed by atoms with Crippen LogP contribution < -0.4 is 11.3 Å². The van der Waals surface area contributed by atoms with Gasteiger partial charge in [0.15, 0.2) is 11.3 Å². The fourth-order valence-electron chi connectivity index (χ4n) is 1.96. The summed E-state index contributed by atoms with van der Waals surface area (Å²) in [6.07, 6.45) is -1.91. The highest BCUT2D eigenvalue weighted by Gasteiger charge is 2.31. The summed E-state index contributed by atoms with van der Waals surface area (Å²) in [6.45, 7) is -1.47. The normalized spacial score (nSPS) is 12.0. The first kappa shape index (κ1) is 14.4. The predicted octanol–water partition coefficient (Wildman–Crippen LogP) is 2.06. The lowest BCUT2D eigenvalue weighted by atomic mass is 10.3. The van der Waals surface area contributed by atoms with Crippen LogP contribution in [-0.2, 0) is 6.54 Å². The third-order valence-corrected chi connectivity index (χ3v) is 3.62. The van der Waals surface area contributed by atoms with Crippen molar-refractivity contribution in [3.05, 3.63) is 34.2 Å². The molecule has 3 rings (SSSR count). The molecule has 0 aliphatic rings. The fourth-order valence-corrected chi connectivity index (χ4v) is 2.58. The monoisotopic (exact) mass is 327 g/mol. The summed E-state index contributed by atoms with van der Waals surface area (Å²) in [6, 6.07) is 1.41. The molecule has 0 aliphatic carbocycles. The Bertz CT molecular complexity index is 888. The van der Waals surface area contributed by atoms with Gasteiger partial charge in [0, 0.05) is 17.8 Å². The van der Waals surface area contributed by atoms with Crippen molar-refractivity contribution in [2.45, 2.75) is 12.7 Å². The summed E-state index contributed by atoms with van der Waals surface area (Å²) in [5, 5.41) is 1.83. The molecule has 22 heavy (non-hydrogen) atoms. The highest BCUT2D eigenvalue weighted by Crippen LogP contribution is 2.24. The fraction of sp³-hybridized carbons (Fsp3) is 0.167. The number of hydrogen-bond donors (Lipinski definition) is 1. The van der Waals surface area contributed by atoms with E-state index in [0.717, 1.165) is 11.3 Å². The standard InChI is InChI=1S/C12H8F3N5OS/c13-12(14,15)5-20-9-7(6(16)1-2-17-9)19-8(11(20)21)10-18-3-4-22-10/h1-4H,5H2,(H2,16,17). The number of nitrogen functional groups attached to an aromatic ring is 1. The second kappa shape index (κ2) is 5.05. The smallest absolute Gasteiger partial charge is 0.397 e. The lowest BCUT2D eigenvalue weighted by Gasteiger charge is -2.13. The Labute approximate surface area is 125 Å². The van der Waals surface area contributed by atoms with Gasteiger partial charge >= 0.3 is 6.18 Å². The van der Waals surface area contributed by atoms with Gasteiger partial charge in [-0.05, 0) is 6.07 Å². The molecular formula is C12H8F3N5OS. The molecule has 0 aromatic carbocycles. The maximum atomic E-state index is 12.8.